The summed E-state index contributed by atoms with van der Waals surface area (Å²) in [6.45, 7) is 14.3. The molecule has 21 heavy (non-hydrogen) atoms. The van der Waals surface area contributed by atoms with Crippen molar-refractivity contribution >= 4 is 30.9 Å². The molecule has 2 fully saturated rings. The second-order valence-electron chi connectivity index (χ2n) is 8.79. The van der Waals surface area contributed by atoms with Crippen molar-refractivity contribution in [2.24, 2.45) is 17.3 Å². The third-order valence-electron chi connectivity index (χ3n) is 6.54. The summed E-state index contributed by atoms with van der Waals surface area (Å²) in [5, 5.41) is 0.306. The molecule has 2 saturated carbocycles. The third kappa shape index (κ3) is 3.38. The first-order chi connectivity index (χ1) is 9.62. The van der Waals surface area contributed by atoms with Gasteiger partial charge in [-0.05, 0) is 59.1 Å². The number of halogens is 1. The minimum Gasteiger partial charge on any atom is -0.414 e. The molecule has 1 unspecified atom stereocenters. The zero-order valence-corrected chi connectivity index (χ0v) is 17.7. The van der Waals surface area contributed by atoms with Crippen molar-refractivity contribution in [2.45, 2.75) is 84.0 Å². The SMILES string of the molecule is CC(C)(C)[Si](C)(C)O[C@H]1CCC[C@@]2(C)C1CC[C@@H]2C#CI. The van der Waals surface area contributed by atoms with E-state index in [0.29, 0.717) is 22.5 Å². The monoisotopic (exact) mass is 418 g/mol. The molecule has 3 heteroatoms. The van der Waals surface area contributed by atoms with Crippen LogP contribution in [0.15, 0.2) is 0 Å². The van der Waals surface area contributed by atoms with Crippen molar-refractivity contribution < 1.29 is 4.43 Å². The molecule has 0 heterocycles. The van der Waals surface area contributed by atoms with Crippen LogP contribution in [0.4, 0.5) is 0 Å². The fourth-order valence-electron chi connectivity index (χ4n) is 4.12. The Balaban J connectivity index is 2.18. The normalized spacial score (nSPS) is 36.8. The minimum atomic E-state index is -1.66. The Labute approximate surface area is 146 Å². The van der Waals surface area contributed by atoms with Gasteiger partial charge in [-0.25, -0.2) is 0 Å². The topological polar surface area (TPSA) is 9.23 Å². The first kappa shape index (κ1) is 17.8. The second-order valence-corrected chi connectivity index (χ2v) is 14.1. The zero-order valence-electron chi connectivity index (χ0n) is 14.6. The highest BCUT2D eigenvalue weighted by atomic mass is 127. The van der Waals surface area contributed by atoms with Crippen molar-refractivity contribution in [1.29, 1.82) is 0 Å². The van der Waals surface area contributed by atoms with Crippen molar-refractivity contribution in [1.82, 2.24) is 0 Å². The second kappa shape index (κ2) is 6.17. The van der Waals surface area contributed by atoms with Crippen LogP contribution < -0.4 is 0 Å². The lowest BCUT2D eigenvalue weighted by molar-refractivity contribution is -0.000282. The van der Waals surface area contributed by atoms with Gasteiger partial charge in [0, 0.05) is 34.6 Å². The minimum absolute atomic E-state index is 0.306. The van der Waals surface area contributed by atoms with Crippen molar-refractivity contribution in [3.63, 3.8) is 0 Å². The Morgan fingerprint density at radius 1 is 1.19 bits per heavy atom. The number of fused-ring (bicyclic) bond motifs is 1. The van der Waals surface area contributed by atoms with E-state index in [0.717, 1.165) is 5.92 Å². The molecule has 0 aromatic heterocycles. The van der Waals surface area contributed by atoms with E-state index in [1.54, 1.807) is 0 Å². The maximum absolute atomic E-state index is 6.84. The lowest BCUT2D eigenvalue weighted by Crippen LogP contribution is -2.49. The maximum atomic E-state index is 6.84. The van der Waals surface area contributed by atoms with Crippen LogP contribution in [0.25, 0.3) is 0 Å². The average Bonchev–Trinajstić information content (AvgIpc) is 2.66. The lowest BCUT2D eigenvalue weighted by Gasteiger charge is -2.48. The third-order valence-corrected chi connectivity index (χ3v) is 11.4. The van der Waals surface area contributed by atoms with Crippen LogP contribution in [0.3, 0.4) is 0 Å². The number of hydrogen-bond acceptors (Lipinski definition) is 1. The predicted molar refractivity (Wildman–Crippen MR) is 102 cm³/mol. The molecule has 0 aromatic carbocycles. The van der Waals surface area contributed by atoms with Crippen LogP contribution in [0.5, 0.6) is 0 Å². The molecule has 0 amide bonds. The molecule has 2 aliphatic carbocycles. The van der Waals surface area contributed by atoms with E-state index in [1.165, 1.54) is 32.1 Å². The maximum Gasteiger partial charge on any atom is 0.192 e. The van der Waals surface area contributed by atoms with Crippen LogP contribution in [-0.2, 0) is 4.43 Å². The summed E-state index contributed by atoms with van der Waals surface area (Å²) in [5.74, 6) is 4.80. The summed E-state index contributed by atoms with van der Waals surface area (Å²) < 4.78 is 9.98. The van der Waals surface area contributed by atoms with E-state index < -0.39 is 8.32 Å². The smallest absolute Gasteiger partial charge is 0.192 e. The first-order valence-electron chi connectivity index (χ1n) is 8.41. The Morgan fingerprint density at radius 2 is 1.86 bits per heavy atom. The highest BCUT2D eigenvalue weighted by molar-refractivity contribution is 14.1. The molecule has 2 rings (SSSR count). The fraction of sp³-hybridized carbons (Fsp3) is 0.889. The molecular formula is C18H31IOSi. The van der Waals surface area contributed by atoms with E-state index in [4.69, 9.17) is 4.43 Å². The summed E-state index contributed by atoms with van der Waals surface area (Å²) in [6.07, 6.45) is 6.97. The highest BCUT2D eigenvalue weighted by Gasteiger charge is 2.53. The largest absolute Gasteiger partial charge is 0.414 e. The summed E-state index contributed by atoms with van der Waals surface area (Å²) in [6, 6.07) is 0. The molecule has 0 spiro atoms. The highest BCUT2D eigenvalue weighted by Crippen LogP contribution is 2.57. The standard InChI is InChI=1S/C18H31IOSi/c1-17(2,3)21(5,6)20-16-8-7-12-18(4)14(11-13-19)9-10-15(16)18/h14-16H,7-10,12H2,1-6H3/t14-,15?,16+,18-/m1/s1. The molecule has 0 N–H and O–H groups in total. The van der Waals surface area contributed by atoms with E-state index >= 15 is 0 Å². The Morgan fingerprint density at radius 3 is 2.43 bits per heavy atom. The van der Waals surface area contributed by atoms with Crippen molar-refractivity contribution in [2.75, 3.05) is 0 Å². The van der Waals surface area contributed by atoms with Gasteiger partial charge in [0.2, 0.25) is 0 Å². The van der Waals surface area contributed by atoms with Gasteiger partial charge >= 0.3 is 0 Å². The predicted octanol–water partition coefficient (Wildman–Crippen LogP) is 5.99. The molecular weight excluding hydrogens is 387 g/mol. The number of rotatable bonds is 2. The van der Waals surface area contributed by atoms with Gasteiger partial charge in [0.25, 0.3) is 0 Å². The molecule has 2 aliphatic rings. The van der Waals surface area contributed by atoms with E-state index in [-0.39, 0.29) is 0 Å². The molecule has 0 aliphatic heterocycles. The van der Waals surface area contributed by atoms with Crippen LogP contribution in [-0.4, -0.2) is 14.4 Å². The molecule has 120 valence electrons. The fourth-order valence-corrected chi connectivity index (χ4v) is 5.89. The summed E-state index contributed by atoms with van der Waals surface area (Å²) in [4.78, 5) is 0. The Hall–Kier alpha value is 0.467. The van der Waals surface area contributed by atoms with Gasteiger partial charge in [-0.2, -0.15) is 0 Å². The van der Waals surface area contributed by atoms with Crippen LogP contribution in [0, 0.1) is 27.1 Å². The van der Waals surface area contributed by atoms with Gasteiger partial charge in [0.1, 0.15) is 0 Å². The summed E-state index contributed by atoms with van der Waals surface area (Å²) in [5.41, 5.74) is 0.392. The Bertz CT molecular complexity index is 442. The first-order valence-corrected chi connectivity index (χ1v) is 12.4. The summed E-state index contributed by atoms with van der Waals surface area (Å²) in [7, 11) is -1.66. The van der Waals surface area contributed by atoms with Gasteiger partial charge in [0.05, 0.1) is 0 Å². The van der Waals surface area contributed by atoms with Crippen molar-refractivity contribution in [3.05, 3.63) is 0 Å². The summed E-state index contributed by atoms with van der Waals surface area (Å²) >= 11 is 2.20. The van der Waals surface area contributed by atoms with Crippen LogP contribution in [0.1, 0.15) is 59.8 Å². The van der Waals surface area contributed by atoms with Gasteiger partial charge in [-0.1, -0.05) is 40.0 Å². The molecule has 0 saturated heterocycles. The molecule has 4 atom stereocenters. The quantitative estimate of drug-likeness (QED) is 0.304. The van der Waals surface area contributed by atoms with E-state index in [1.807, 2.05) is 0 Å². The van der Waals surface area contributed by atoms with E-state index in [9.17, 15) is 0 Å². The number of hydrogen-bond donors (Lipinski definition) is 0. The molecule has 0 bridgehead atoms. The lowest BCUT2D eigenvalue weighted by atomic mass is 9.64. The van der Waals surface area contributed by atoms with Gasteiger partial charge in [-0.3, -0.25) is 0 Å². The van der Waals surface area contributed by atoms with Crippen LogP contribution in [0.2, 0.25) is 18.1 Å². The van der Waals surface area contributed by atoms with Gasteiger partial charge < -0.3 is 4.43 Å². The molecule has 0 radical (unpaired) electrons. The van der Waals surface area contributed by atoms with Gasteiger partial charge in [0.15, 0.2) is 8.32 Å². The Kier molecular flexibility index (Phi) is 5.23. The molecule has 1 nitrogen and oxygen atoms in total. The van der Waals surface area contributed by atoms with Crippen molar-refractivity contribution in [3.8, 4) is 9.85 Å². The molecule has 0 aromatic rings. The van der Waals surface area contributed by atoms with Gasteiger partial charge in [-0.15, -0.1) is 0 Å². The van der Waals surface area contributed by atoms with Crippen LogP contribution >= 0.6 is 22.6 Å². The van der Waals surface area contributed by atoms with E-state index in [2.05, 4.69) is 73.2 Å². The zero-order chi connectivity index (χ0) is 15.9. The average molecular weight is 418 g/mol.